The lowest BCUT2D eigenvalue weighted by atomic mass is 9.99. The van der Waals surface area contributed by atoms with Crippen molar-refractivity contribution in [3.05, 3.63) is 0 Å². The van der Waals surface area contributed by atoms with Gasteiger partial charge in [-0.05, 0) is 12.8 Å². The van der Waals surface area contributed by atoms with Crippen molar-refractivity contribution < 1.29 is 57.0 Å². The number of amides is 1. The largest absolute Gasteiger partial charge is 0.397 e. The summed E-state index contributed by atoms with van der Waals surface area (Å²) in [6, 6.07) is -1.02. The van der Waals surface area contributed by atoms with Gasteiger partial charge in [0.15, 0.2) is 6.29 Å². The van der Waals surface area contributed by atoms with E-state index < -0.39 is 78.5 Å². The Labute approximate surface area is 295 Å². The highest BCUT2D eigenvalue weighted by atomic mass is 32.3. The highest BCUT2D eigenvalue weighted by molar-refractivity contribution is 7.80. The zero-order chi connectivity index (χ0) is 36.5. The Kier molecular flexibility index (Phi) is 26.0. The van der Waals surface area contributed by atoms with Gasteiger partial charge in [0.1, 0.15) is 30.5 Å². The van der Waals surface area contributed by atoms with Crippen LogP contribution in [0, 0.1) is 0 Å². The molecule has 0 saturated carbocycles. The number of hydrogen-bond donors (Lipinski definition) is 7. The van der Waals surface area contributed by atoms with Gasteiger partial charge in [-0.25, -0.2) is 4.18 Å². The third-order valence-electron chi connectivity index (χ3n) is 9.27. The summed E-state index contributed by atoms with van der Waals surface area (Å²) in [5, 5.41) is 54.8. The van der Waals surface area contributed by atoms with E-state index in [4.69, 9.17) is 14.0 Å². The maximum absolute atomic E-state index is 12.9. The van der Waals surface area contributed by atoms with Gasteiger partial charge in [-0.3, -0.25) is 9.35 Å². The summed E-state index contributed by atoms with van der Waals surface area (Å²) in [5.41, 5.74) is 0. The molecule has 0 aromatic rings. The molecule has 0 aliphatic carbocycles. The molecule has 1 heterocycles. The van der Waals surface area contributed by atoms with Gasteiger partial charge in [0.2, 0.25) is 5.91 Å². The number of aliphatic hydroxyl groups is 5. The maximum atomic E-state index is 12.9. The van der Waals surface area contributed by atoms with Crippen molar-refractivity contribution >= 4 is 16.3 Å². The van der Waals surface area contributed by atoms with Gasteiger partial charge in [-0.2, -0.15) is 8.42 Å². The second kappa shape index (κ2) is 27.7. The number of aliphatic hydroxyl groups excluding tert-OH is 5. The van der Waals surface area contributed by atoms with Gasteiger partial charge in [-0.15, -0.1) is 0 Å². The molecule has 0 spiro atoms. The van der Waals surface area contributed by atoms with Gasteiger partial charge in [0.25, 0.3) is 0 Å². The molecule has 1 aliphatic rings. The van der Waals surface area contributed by atoms with Crippen LogP contribution in [0.15, 0.2) is 0 Å². The van der Waals surface area contributed by atoms with E-state index in [2.05, 4.69) is 23.3 Å². The Hall–Kier alpha value is -0.940. The van der Waals surface area contributed by atoms with E-state index >= 15 is 0 Å². The first-order valence-electron chi connectivity index (χ1n) is 19.0. The van der Waals surface area contributed by atoms with Gasteiger partial charge in [0, 0.05) is 0 Å². The normalized spacial score (nSPS) is 23.3. The summed E-state index contributed by atoms with van der Waals surface area (Å²) in [4.78, 5) is 12.9. The van der Waals surface area contributed by atoms with E-state index in [0.29, 0.717) is 19.3 Å². The molecule has 1 fully saturated rings. The molecule has 1 rings (SSSR count). The molecule has 8 atom stereocenters. The average molecular weight is 728 g/mol. The number of nitrogens with one attached hydrogen (secondary N) is 1. The molecule has 14 heteroatoms. The Balaban J connectivity index is 2.69. The van der Waals surface area contributed by atoms with Crippen LogP contribution in [0.4, 0.5) is 0 Å². The zero-order valence-corrected chi connectivity index (χ0v) is 30.9. The summed E-state index contributed by atoms with van der Waals surface area (Å²) in [6.45, 7) is 3.19. The van der Waals surface area contributed by atoms with E-state index in [0.717, 1.165) is 38.5 Å². The molecule has 0 aromatic heterocycles. The number of ether oxygens (including phenoxy) is 2. The lowest BCUT2D eigenvalue weighted by Crippen LogP contribution is -2.61. The van der Waals surface area contributed by atoms with Crippen LogP contribution >= 0.6 is 0 Å². The lowest BCUT2D eigenvalue weighted by Gasteiger charge is -2.41. The summed E-state index contributed by atoms with van der Waals surface area (Å²) in [6.07, 6.45) is 11.9. The smallest absolute Gasteiger partial charge is 0.394 e. The van der Waals surface area contributed by atoms with Crippen LogP contribution in [0.1, 0.15) is 155 Å². The third kappa shape index (κ3) is 21.2. The van der Waals surface area contributed by atoms with E-state index in [1.807, 2.05) is 0 Å². The Morgan fingerprint density at radius 2 is 1.18 bits per heavy atom. The molecular formula is C35H69NO12S. The summed E-state index contributed by atoms with van der Waals surface area (Å²) >= 11 is 0. The third-order valence-corrected chi connectivity index (χ3v) is 9.74. The van der Waals surface area contributed by atoms with Crippen molar-refractivity contribution in [2.24, 2.45) is 0 Å². The SMILES string of the molecule is CCCCCCCCCCCCCCC(O)C(COC1OC(CO)C(O)C(OS(=O)(=O)O)C1O)NC(=O)C(O)CCCCCCCCCC. The minimum atomic E-state index is -5.10. The summed E-state index contributed by atoms with van der Waals surface area (Å²) < 4.78 is 47.2. The highest BCUT2D eigenvalue weighted by Crippen LogP contribution is 2.26. The molecule has 292 valence electrons. The van der Waals surface area contributed by atoms with Crippen LogP contribution in [-0.4, -0.2) is 107 Å². The Morgan fingerprint density at radius 3 is 1.63 bits per heavy atom. The molecule has 0 bridgehead atoms. The molecule has 0 aromatic carbocycles. The molecule has 13 nitrogen and oxygen atoms in total. The van der Waals surface area contributed by atoms with Gasteiger partial charge < -0.3 is 40.3 Å². The van der Waals surface area contributed by atoms with Crippen LogP contribution in [0.2, 0.25) is 0 Å². The molecular weight excluding hydrogens is 658 g/mol. The Morgan fingerprint density at radius 1 is 0.735 bits per heavy atom. The molecule has 1 saturated heterocycles. The monoisotopic (exact) mass is 727 g/mol. The maximum Gasteiger partial charge on any atom is 0.397 e. The van der Waals surface area contributed by atoms with Crippen molar-refractivity contribution in [3.63, 3.8) is 0 Å². The standard InChI is InChI=1S/C35H69NO12S/c1-3-5-7-9-11-13-14-15-16-18-19-21-23-28(38)27(36-34(42)29(39)24-22-20-17-12-10-8-6-4-2)26-46-35-32(41)33(48-49(43,44)45)31(40)30(25-37)47-35/h27-33,35,37-41H,3-26H2,1-2H3,(H,36,42)(H,43,44,45). The minimum absolute atomic E-state index is 0.262. The second-order valence-electron chi connectivity index (χ2n) is 13.7. The average Bonchev–Trinajstić information content (AvgIpc) is 3.06. The first-order valence-corrected chi connectivity index (χ1v) is 20.4. The number of rotatable bonds is 31. The fourth-order valence-electron chi connectivity index (χ4n) is 6.17. The van der Waals surface area contributed by atoms with Crippen LogP contribution in [0.25, 0.3) is 0 Å². The molecule has 49 heavy (non-hydrogen) atoms. The van der Waals surface area contributed by atoms with Gasteiger partial charge in [0.05, 0.1) is 25.4 Å². The molecule has 0 radical (unpaired) electrons. The molecule has 8 unspecified atom stereocenters. The second-order valence-corrected chi connectivity index (χ2v) is 14.7. The zero-order valence-electron chi connectivity index (χ0n) is 30.1. The number of carbonyl (C=O) groups is 1. The predicted molar refractivity (Wildman–Crippen MR) is 187 cm³/mol. The minimum Gasteiger partial charge on any atom is -0.394 e. The first-order chi connectivity index (χ1) is 23.4. The first kappa shape index (κ1) is 46.1. The van der Waals surface area contributed by atoms with Gasteiger partial charge in [-0.1, -0.05) is 142 Å². The van der Waals surface area contributed by atoms with Crippen LogP contribution < -0.4 is 5.32 Å². The van der Waals surface area contributed by atoms with Crippen LogP contribution in [0.5, 0.6) is 0 Å². The van der Waals surface area contributed by atoms with Gasteiger partial charge >= 0.3 is 10.4 Å². The van der Waals surface area contributed by atoms with Crippen molar-refractivity contribution in [3.8, 4) is 0 Å². The summed E-state index contributed by atoms with van der Waals surface area (Å²) in [7, 11) is -5.10. The number of hydrogen-bond acceptors (Lipinski definition) is 11. The fraction of sp³-hybridized carbons (Fsp3) is 0.971. The van der Waals surface area contributed by atoms with Crippen molar-refractivity contribution in [1.82, 2.24) is 5.32 Å². The van der Waals surface area contributed by atoms with Crippen LogP contribution in [0.3, 0.4) is 0 Å². The van der Waals surface area contributed by atoms with Crippen molar-refractivity contribution in [2.75, 3.05) is 13.2 Å². The predicted octanol–water partition coefficient (Wildman–Crippen LogP) is 4.46. The van der Waals surface area contributed by atoms with E-state index in [1.165, 1.54) is 77.0 Å². The quantitative estimate of drug-likeness (QED) is 0.0390. The molecule has 1 aliphatic heterocycles. The van der Waals surface area contributed by atoms with Crippen molar-refractivity contribution in [1.29, 1.82) is 0 Å². The lowest BCUT2D eigenvalue weighted by molar-refractivity contribution is -0.298. The fourth-order valence-corrected chi connectivity index (χ4v) is 6.68. The van der Waals surface area contributed by atoms with Crippen LogP contribution in [-0.2, 0) is 28.9 Å². The summed E-state index contributed by atoms with van der Waals surface area (Å²) in [5.74, 6) is -0.674. The van der Waals surface area contributed by atoms with E-state index in [9.17, 15) is 38.7 Å². The Bertz CT molecular complexity index is 926. The van der Waals surface area contributed by atoms with Crippen molar-refractivity contribution in [2.45, 2.75) is 204 Å². The highest BCUT2D eigenvalue weighted by Gasteiger charge is 2.48. The van der Waals surface area contributed by atoms with E-state index in [-0.39, 0.29) is 6.42 Å². The number of carbonyl (C=O) groups excluding carboxylic acids is 1. The topological polar surface area (TPSA) is 212 Å². The van der Waals surface area contributed by atoms with E-state index in [1.54, 1.807) is 0 Å². The molecule has 1 amide bonds. The molecule has 7 N–H and O–H groups in total. The number of unbranched alkanes of at least 4 members (excludes halogenated alkanes) is 18.